The Morgan fingerprint density at radius 1 is 1.37 bits per heavy atom. The van der Waals surface area contributed by atoms with Gasteiger partial charge in [-0.1, -0.05) is 25.2 Å². The maximum Gasteiger partial charge on any atom is 0.217 e. The quantitative estimate of drug-likeness (QED) is 0.739. The van der Waals surface area contributed by atoms with Gasteiger partial charge >= 0.3 is 0 Å². The minimum absolute atomic E-state index is 0.0392. The van der Waals surface area contributed by atoms with E-state index in [0.717, 1.165) is 15.4 Å². The summed E-state index contributed by atoms with van der Waals surface area (Å²) in [6, 6.07) is 3.51. The van der Waals surface area contributed by atoms with Crippen LogP contribution in [0.5, 0.6) is 5.88 Å². The second-order valence-electron chi connectivity index (χ2n) is 7.59. The Labute approximate surface area is 162 Å². The number of aromatic nitrogens is 2. The molecule has 0 bridgehead atoms. The van der Waals surface area contributed by atoms with Crippen LogP contribution in [0.1, 0.15) is 51.5 Å². The van der Waals surface area contributed by atoms with Crippen molar-refractivity contribution in [1.29, 1.82) is 0 Å². The van der Waals surface area contributed by atoms with Crippen molar-refractivity contribution in [2.75, 3.05) is 13.2 Å². The predicted molar refractivity (Wildman–Crippen MR) is 103 cm³/mol. The minimum atomic E-state index is -1.39. The number of thiazole rings is 1. The number of ether oxygens (including phenoxy) is 2. The fourth-order valence-electron chi connectivity index (χ4n) is 3.01. The summed E-state index contributed by atoms with van der Waals surface area (Å²) >= 11 is 1.54. The SMILES string of the molecule is CC(=O)N[C@@H](C)CO[C@H]1C[C@](F)(COc2ccc3nc(C(C)C)sc3n2)C1. The molecule has 0 saturated heterocycles. The second kappa shape index (κ2) is 8.06. The third-order valence-electron chi connectivity index (χ3n) is 4.44. The zero-order chi connectivity index (χ0) is 19.6. The van der Waals surface area contributed by atoms with Gasteiger partial charge in [-0.15, -0.1) is 0 Å². The number of halogens is 1. The molecule has 1 atom stereocenters. The van der Waals surface area contributed by atoms with E-state index in [1.165, 1.54) is 6.92 Å². The molecule has 1 saturated carbocycles. The molecule has 0 unspecified atom stereocenters. The number of nitrogens with zero attached hydrogens (tertiary/aromatic N) is 2. The van der Waals surface area contributed by atoms with E-state index in [1.807, 2.05) is 13.0 Å². The summed E-state index contributed by atoms with van der Waals surface area (Å²) in [5.41, 5.74) is -0.550. The van der Waals surface area contributed by atoms with Gasteiger partial charge in [0.25, 0.3) is 0 Å². The first-order chi connectivity index (χ1) is 12.7. The van der Waals surface area contributed by atoms with E-state index in [-0.39, 0.29) is 24.7 Å². The van der Waals surface area contributed by atoms with E-state index in [0.29, 0.717) is 31.2 Å². The molecule has 148 valence electrons. The average Bonchev–Trinajstić information content (AvgIpc) is 2.99. The highest BCUT2D eigenvalue weighted by molar-refractivity contribution is 7.18. The van der Waals surface area contributed by atoms with Crippen LogP contribution in [-0.4, -0.2) is 46.9 Å². The van der Waals surface area contributed by atoms with E-state index < -0.39 is 5.67 Å². The van der Waals surface area contributed by atoms with Crippen LogP contribution in [0.25, 0.3) is 10.3 Å². The number of alkyl halides is 1. The lowest BCUT2D eigenvalue weighted by atomic mass is 9.79. The lowest BCUT2D eigenvalue weighted by Gasteiger charge is -2.40. The Hall–Kier alpha value is -1.80. The van der Waals surface area contributed by atoms with E-state index >= 15 is 0 Å². The number of nitrogens with one attached hydrogen (secondary N) is 1. The van der Waals surface area contributed by atoms with Crippen LogP contribution in [0.15, 0.2) is 12.1 Å². The van der Waals surface area contributed by atoms with Crippen LogP contribution in [0, 0.1) is 0 Å². The molecular formula is C19H26FN3O3S. The molecule has 0 aliphatic heterocycles. The molecule has 2 aromatic rings. The van der Waals surface area contributed by atoms with Gasteiger partial charge in [0, 0.05) is 37.8 Å². The zero-order valence-corrected chi connectivity index (χ0v) is 16.9. The number of hydrogen-bond donors (Lipinski definition) is 1. The van der Waals surface area contributed by atoms with Crippen molar-refractivity contribution >= 4 is 27.6 Å². The topological polar surface area (TPSA) is 73.3 Å². The molecule has 1 fully saturated rings. The number of carbonyl (C=O) groups excluding carboxylic acids is 1. The van der Waals surface area contributed by atoms with Crippen LogP contribution in [0.3, 0.4) is 0 Å². The number of carbonyl (C=O) groups is 1. The van der Waals surface area contributed by atoms with Crippen molar-refractivity contribution in [3.63, 3.8) is 0 Å². The normalized spacial score (nSPS) is 23.3. The molecule has 0 spiro atoms. The number of amides is 1. The van der Waals surface area contributed by atoms with Crippen molar-refractivity contribution in [1.82, 2.24) is 15.3 Å². The molecular weight excluding hydrogens is 369 g/mol. The van der Waals surface area contributed by atoms with Gasteiger partial charge < -0.3 is 14.8 Å². The second-order valence-corrected chi connectivity index (χ2v) is 8.59. The summed E-state index contributed by atoms with van der Waals surface area (Å²) in [6.07, 6.45) is 0.445. The first-order valence-electron chi connectivity index (χ1n) is 9.22. The number of hydrogen-bond acceptors (Lipinski definition) is 6. The largest absolute Gasteiger partial charge is 0.474 e. The molecule has 0 radical (unpaired) electrons. The third kappa shape index (κ3) is 5.13. The van der Waals surface area contributed by atoms with Crippen LogP contribution >= 0.6 is 11.3 Å². The van der Waals surface area contributed by atoms with E-state index in [2.05, 4.69) is 29.1 Å². The van der Waals surface area contributed by atoms with Gasteiger partial charge in [-0.25, -0.2) is 14.4 Å². The summed E-state index contributed by atoms with van der Waals surface area (Å²) < 4.78 is 25.9. The Morgan fingerprint density at radius 2 is 2.11 bits per heavy atom. The molecule has 2 aromatic heterocycles. The molecule has 0 aromatic carbocycles. The summed E-state index contributed by atoms with van der Waals surface area (Å²) in [6.45, 7) is 7.84. The monoisotopic (exact) mass is 395 g/mol. The van der Waals surface area contributed by atoms with Crippen molar-refractivity contribution in [2.45, 2.75) is 64.3 Å². The summed E-state index contributed by atoms with van der Waals surface area (Å²) in [5.74, 6) is 0.670. The van der Waals surface area contributed by atoms with Crippen LogP contribution < -0.4 is 10.1 Å². The molecule has 6 nitrogen and oxygen atoms in total. The van der Waals surface area contributed by atoms with Gasteiger partial charge in [-0.2, -0.15) is 0 Å². The lowest BCUT2D eigenvalue weighted by Crippen LogP contribution is -2.50. The molecule has 3 rings (SSSR count). The molecule has 8 heteroatoms. The van der Waals surface area contributed by atoms with Gasteiger partial charge in [0.15, 0.2) is 0 Å². The third-order valence-corrected chi connectivity index (χ3v) is 5.70. The van der Waals surface area contributed by atoms with Crippen molar-refractivity contribution < 1.29 is 18.7 Å². The molecule has 1 N–H and O–H groups in total. The molecule has 1 aliphatic rings. The average molecular weight is 396 g/mol. The molecule has 27 heavy (non-hydrogen) atoms. The van der Waals surface area contributed by atoms with Crippen molar-refractivity contribution in [3.05, 3.63) is 17.1 Å². The number of pyridine rings is 1. The first kappa shape index (κ1) is 19.9. The van der Waals surface area contributed by atoms with E-state index in [1.54, 1.807) is 17.4 Å². The standard InChI is InChI=1S/C19H26FN3O3S/c1-11(2)17-22-15-5-6-16(23-18(15)27-17)26-10-19(20)7-14(8-19)25-9-12(3)21-13(4)24/h5-6,11-12,14H,7-10H2,1-4H3,(H,21,24)/t12-,14-,19+/m0/s1. The zero-order valence-electron chi connectivity index (χ0n) is 16.1. The molecule has 1 aliphatic carbocycles. The fraction of sp³-hybridized carbons (Fsp3) is 0.632. The Bertz CT molecular complexity index is 805. The summed E-state index contributed by atoms with van der Waals surface area (Å²) in [7, 11) is 0. The van der Waals surface area contributed by atoms with Crippen molar-refractivity contribution in [2.24, 2.45) is 0 Å². The highest BCUT2D eigenvalue weighted by Crippen LogP contribution is 2.39. The minimum Gasteiger partial charge on any atom is -0.474 e. The van der Waals surface area contributed by atoms with Crippen LogP contribution in [-0.2, 0) is 9.53 Å². The highest BCUT2D eigenvalue weighted by atomic mass is 32.1. The smallest absolute Gasteiger partial charge is 0.217 e. The first-order valence-corrected chi connectivity index (χ1v) is 10.0. The Morgan fingerprint density at radius 3 is 2.78 bits per heavy atom. The van der Waals surface area contributed by atoms with Gasteiger partial charge in [-0.3, -0.25) is 4.79 Å². The van der Waals surface area contributed by atoms with Gasteiger partial charge in [-0.05, 0) is 13.0 Å². The maximum atomic E-state index is 14.7. The van der Waals surface area contributed by atoms with Crippen LogP contribution in [0.4, 0.5) is 4.39 Å². The van der Waals surface area contributed by atoms with E-state index in [9.17, 15) is 9.18 Å². The van der Waals surface area contributed by atoms with Gasteiger partial charge in [0.1, 0.15) is 22.6 Å². The summed E-state index contributed by atoms with van der Waals surface area (Å²) in [5, 5.41) is 3.77. The lowest BCUT2D eigenvalue weighted by molar-refractivity contribution is -0.125. The number of rotatable bonds is 8. The van der Waals surface area contributed by atoms with Crippen molar-refractivity contribution in [3.8, 4) is 5.88 Å². The van der Waals surface area contributed by atoms with E-state index in [4.69, 9.17) is 9.47 Å². The summed E-state index contributed by atoms with van der Waals surface area (Å²) in [4.78, 5) is 20.8. The van der Waals surface area contributed by atoms with Gasteiger partial charge in [0.05, 0.1) is 17.7 Å². The molecule has 1 amide bonds. The van der Waals surface area contributed by atoms with Crippen LogP contribution in [0.2, 0.25) is 0 Å². The molecule has 2 heterocycles. The maximum absolute atomic E-state index is 14.7. The Balaban J connectivity index is 1.46. The predicted octanol–water partition coefficient (Wildman–Crippen LogP) is 3.61. The highest BCUT2D eigenvalue weighted by Gasteiger charge is 2.46. The van der Waals surface area contributed by atoms with Gasteiger partial charge in [0.2, 0.25) is 11.8 Å². The number of fused-ring (bicyclic) bond motifs is 1. The fourth-order valence-corrected chi connectivity index (χ4v) is 3.94. The Kier molecular flexibility index (Phi) is 5.95.